The Morgan fingerprint density at radius 3 is 2.84 bits per heavy atom. The molecule has 2 aliphatic heterocycles. The van der Waals surface area contributed by atoms with Crippen LogP contribution in [0.15, 0.2) is 30.6 Å². The standard InChI is InChI=1S/C23H23N5O3/c1-12(15-8-20(29)24-10-15)31-23-22-19(25-11-28(22)16-4-5-16)9-18(27-23)13-2-3-14-7-21(30)26-17(14)6-13/h2-3,6,9,11-12,15-16H,4-5,7-8,10H2,1H3,(H,24,29)(H,26,30)/t12-,15?/m1/s1. The maximum absolute atomic E-state index is 11.7. The van der Waals surface area contributed by atoms with Gasteiger partial charge in [-0.2, -0.15) is 0 Å². The Morgan fingerprint density at radius 2 is 2.06 bits per heavy atom. The number of fused-ring (bicyclic) bond motifs is 2. The molecule has 8 nitrogen and oxygen atoms in total. The zero-order valence-electron chi connectivity index (χ0n) is 17.2. The number of nitrogens with one attached hydrogen (secondary N) is 2. The topological polar surface area (TPSA) is 98.1 Å². The first-order chi connectivity index (χ1) is 15.0. The van der Waals surface area contributed by atoms with Crippen molar-refractivity contribution in [2.24, 2.45) is 5.92 Å². The zero-order chi connectivity index (χ0) is 21.1. The molecule has 0 spiro atoms. The van der Waals surface area contributed by atoms with Crippen molar-refractivity contribution in [2.45, 2.75) is 44.8 Å². The minimum atomic E-state index is -0.160. The number of hydrogen-bond donors (Lipinski definition) is 2. The predicted molar refractivity (Wildman–Crippen MR) is 115 cm³/mol. The second-order valence-corrected chi connectivity index (χ2v) is 8.75. The lowest BCUT2D eigenvalue weighted by molar-refractivity contribution is -0.119. The van der Waals surface area contributed by atoms with Gasteiger partial charge in [0.25, 0.3) is 0 Å². The number of amides is 2. The molecule has 2 N–H and O–H groups in total. The van der Waals surface area contributed by atoms with Gasteiger partial charge in [-0.25, -0.2) is 9.97 Å². The number of benzene rings is 1. The molecule has 2 atom stereocenters. The number of pyridine rings is 1. The average molecular weight is 417 g/mol. The van der Waals surface area contributed by atoms with Crippen LogP contribution in [-0.4, -0.2) is 39.0 Å². The molecule has 158 valence electrons. The molecule has 6 rings (SSSR count). The second-order valence-electron chi connectivity index (χ2n) is 8.75. The summed E-state index contributed by atoms with van der Waals surface area (Å²) in [5.41, 5.74) is 5.23. The van der Waals surface area contributed by atoms with Crippen LogP contribution in [0, 0.1) is 5.92 Å². The first kappa shape index (κ1) is 18.4. The third-order valence-electron chi connectivity index (χ3n) is 6.46. The van der Waals surface area contributed by atoms with Crippen LogP contribution < -0.4 is 15.4 Å². The highest BCUT2D eigenvalue weighted by atomic mass is 16.5. The lowest BCUT2D eigenvalue weighted by Gasteiger charge is -2.20. The van der Waals surface area contributed by atoms with Crippen LogP contribution >= 0.6 is 0 Å². The summed E-state index contributed by atoms with van der Waals surface area (Å²) in [5, 5.41) is 5.78. The van der Waals surface area contributed by atoms with Crippen LogP contribution in [0.3, 0.4) is 0 Å². The molecular weight excluding hydrogens is 394 g/mol. The molecule has 3 aliphatic rings. The highest BCUT2D eigenvalue weighted by Gasteiger charge is 2.31. The minimum absolute atomic E-state index is 0.0105. The molecule has 1 unspecified atom stereocenters. The number of nitrogens with zero attached hydrogens (tertiary/aromatic N) is 3. The van der Waals surface area contributed by atoms with E-state index in [1.165, 1.54) is 0 Å². The number of hydrogen-bond acceptors (Lipinski definition) is 5. The van der Waals surface area contributed by atoms with E-state index in [1.54, 1.807) is 0 Å². The van der Waals surface area contributed by atoms with E-state index in [0.29, 0.717) is 31.3 Å². The van der Waals surface area contributed by atoms with E-state index in [4.69, 9.17) is 9.72 Å². The molecule has 0 bridgehead atoms. The number of ether oxygens (including phenoxy) is 1. The molecule has 2 fully saturated rings. The number of carbonyl (C=O) groups excluding carboxylic acids is 2. The molecule has 8 heteroatoms. The van der Waals surface area contributed by atoms with Crippen LogP contribution in [0.25, 0.3) is 22.3 Å². The molecule has 2 amide bonds. The van der Waals surface area contributed by atoms with Gasteiger partial charge in [0.2, 0.25) is 17.7 Å². The van der Waals surface area contributed by atoms with Crippen molar-refractivity contribution in [1.29, 1.82) is 0 Å². The number of anilines is 1. The monoisotopic (exact) mass is 417 g/mol. The Morgan fingerprint density at radius 1 is 1.19 bits per heavy atom. The Balaban J connectivity index is 1.41. The molecule has 0 radical (unpaired) electrons. The maximum atomic E-state index is 11.7. The molecule has 2 aromatic heterocycles. The lowest BCUT2D eigenvalue weighted by Crippen LogP contribution is -2.26. The smallest absolute Gasteiger partial charge is 0.241 e. The summed E-state index contributed by atoms with van der Waals surface area (Å²) in [7, 11) is 0. The normalized spacial score (nSPS) is 21.1. The summed E-state index contributed by atoms with van der Waals surface area (Å²) >= 11 is 0. The lowest BCUT2D eigenvalue weighted by atomic mass is 10.0. The molecule has 3 aromatic rings. The van der Waals surface area contributed by atoms with E-state index in [1.807, 2.05) is 37.5 Å². The zero-order valence-corrected chi connectivity index (χ0v) is 17.2. The number of rotatable bonds is 5. The summed E-state index contributed by atoms with van der Waals surface area (Å²) in [6, 6.07) is 8.33. The highest BCUT2D eigenvalue weighted by Crippen LogP contribution is 2.41. The quantitative estimate of drug-likeness (QED) is 0.665. The van der Waals surface area contributed by atoms with E-state index in [-0.39, 0.29) is 23.8 Å². The molecule has 1 aliphatic carbocycles. The minimum Gasteiger partial charge on any atom is -0.473 e. The molecule has 1 aromatic carbocycles. The van der Waals surface area contributed by atoms with E-state index < -0.39 is 0 Å². The van der Waals surface area contributed by atoms with Gasteiger partial charge >= 0.3 is 0 Å². The van der Waals surface area contributed by atoms with Crippen LogP contribution in [-0.2, 0) is 16.0 Å². The molecular formula is C23H23N5O3. The molecule has 1 saturated carbocycles. The van der Waals surface area contributed by atoms with Crippen LogP contribution in [0.1, 0.15) is 37.8 Å². The van der Waals surface area contributed by atoms with Crippen molar-refractivity contribution >= 4 is 28.5 Å². The molecule has 31 heavy (non-hydrogen) atoms. The first-order valence-electron chi connectivity index (χ1n) is 10.8. The van der Waals surface area contributed by atoms with E-state index in [0.717, 1.165) is 46.4 Å². The number of carbonyl (C=O) groups is 2. The third kappa shape index (κ3) is 3.22. The van der Waals surface area contributed by atoms with Gasteiger partial charge in [0.05, 0.1) is 24.0 Å². The number of imidazole rings is 1. The second kappa shape index (κ2) is 6.80. The third-order valence-corrected chi connectivity index (χ3v) is 6.46. The largest absolute Gasteiger partial charge is 0.473 e. The summed E-state index contributed by atoms with van der Waals surface area (Å²) in [6.07, 6.45) is 4.85. The first-order valence-corrected chi connectivity index (χ1v) is 10.8. The average Bonchev–Trinajstić information content (AvgIpc) is 3.17. The van der Waals surface area contributed by atoms with Crippen molar-refractivity contribution < 1.29 is 14.3 Å². The summed E-state index contributed by atoms with van der Waals surface area (Å²) in [4.78, 5) is 32.9. The number of aromatic nitrogens is 3. The van der Waals surface area contributed by atoms with Gasteiger partial charge in [-0.1, -0.05) is 12.1 Å². The molecule has 1 saturated heterocycles. The van der Waals surface area contributed by atoms with Gasteiger partial charge in [0.1, 0.15) is 11.6 Å². The SMILES string of the molecule is C[C@@H](Oc1nc(-c2ccc3c(c2)NC(=O)C3)cc2ncn(C3CC3)c12)C1CNC(=O)C1. The van der Waals surface area contributed by atoms with Crippen molar-refractivity contribution in [3.05, 3.63) is 36.2 Å². The van der Waals surface area contributed by atoms with Crippen molar-refractivity contribution in [3.63, 3.8) is 0 Å². The Labute approximate surface area is 179 Å². The Kier molecular flexibility index (Phi) is 4.03. The van der Waals surface area contributed by atoms with Gasteiger partial charge in [-0.05, 0) is 37.5 Å². The van der Waals surface area contributed by atoms with Crippen LogP contribution in [0.5, 0.6) is 5.88 Å². The van der Waals surface area contributed by atoms with Crippen LogP contribution in [0.2, 0.25) is 0 Å². The van der Waals surface area contributed by atoms with Gasteiger partial charge in [0, 0.05) is 36.2 Å². The highest BCUT2D eigenvalue weighted by molar-refractivity contribution is 6.00. The summed E-state index contributed by atoms with van der Waals surface area (Å²) in [5.74, 6) is 0.737. The Hall–Kier alpha value is -3.42. The van der Waals surface area contributed by atoms with Gasteiger partial charge in [-0.15, -0.1) is 0 Å². The fourth-order valence-electron chi connectivity index (χ4n) is 4.49. The van der Waals surface area contributed by atoms with Crippen molar-refractivity contribution in [3.8, 4) is 17.1 Å². The predicted octanol–water partition coefficient (Wildman–Crippen LogP) is 2.83. The maximum Gasteiger partial charge on any atom is 0.241 e. The fourth-order valence-corrected chi connectivity index (χ4v) is 4.49. The van der Waals surface area contributed by atoms with E-state index in [2.05, 4.69) is 20.2 Å². The van der Waals surface area contributed by atoms with Crippen molar-refractivity contribution in [1.82, 2.24) is 19.9 Å². The van der Waals surface area contributed by atoms with Gasteiger partial charge in [0.15, 0.2) is 0 Å². The summed E-state index contributed by atoms with van der Waals surface area (Å²) in [6.45, 7) is 2.61. The van der Waals surface area contributed by atoms with E-state index >= 15 is 0 Å². The molecule has 4 heterocycles. The fraction of sp³-hybridized carbons (Fsp3) is 0.391. The van der Waals surface area contributed by atoms with Crippen LogP contribution in [0.4, 0.5) is 5.69 Å². The van der Waals surface area contributed by atoms with E-state index in [9.17, 15) is 9.59 Å². The van der Waals surface area contributed by atoms with Gasteiger partial charge < -0.3 is 19.9 Å². The van der Waals surface area contributed by atoms with Crippen molar-refractivity contribution in [2.75, 3.05) is 11.9 Å². The summed E-state index contributed by atoms with van der Waals surface area (Å²) < 4.78 is 8.54. The Bertz CT molecular complexity index is 1230. The van der Waals surface area contributed by atoms with Gasteiger partial charge in [-0.3, -0.25) is 9.59 Å².